The molecule has 0 radical (unpaired) electrons. The van der Waals surface area contributed by atoms with E-state index < -0.39 is 5.82 Å². The molecular weight excluding hydrogens is 301 g/mol. The van der Waals surface area contributed by atoms with Gasteiger partial charge in [0, 0.05) is 10.9 Å². The van der Waals surface area contributed by atoms with E-state index in [1.54, 1.807) is 11.3 Å². The highest BCUT2D eigenvalue weighted by molar-refractivity contribution is 7.10. The highest BCUT2D eigenvalue weighted by Gasteiger charge is 2.06. The first-order valence-electron chi connectivity index (χ1n) is 5.94. The van der Waals surface area contributed by atoms with Gasteiger partial charge in [-0.2, -0.15) is 0 Å². The second kappa shape index (κ2) is 6.72. The van der Waals surface area contributed by atoms with Crippen LogP contribution in [0.25, 0.3) is 0 Å². The molecule has 1 aromatic carbocycles. The largest absolute Gasteiger partial charge is 0.484 e. The minimum absolute atomic E-state index is 0.0304. The number of nitrogens with one attached hydrogen (secondary N) is 1. The van der Waals surface area contributed by atoms with Crippen LogP contribution >= 0.6 is 22.9 Å². The van der Waals surface area contributed by atoms with E-state index in [4.69, 9.17) is 16.3 Å². The van der Waals surface area contributed by atoms with E-state index in [1.165, 1.54) is 18.2 Å². The van der Waals surface area contributed by atoms with Crippen molar-refractivity contribution in [2.45, 2.75) is 13.5 Å². The average Bonchev–Trinajstić information content (AvgIpc) is 2.83. The van der Waals surface area contributed by atoms with Crippen molar-refractivity contribution < 1.29 is 13.9 Å². The first-order valence-corrected chi connectivity index (χ1v) is 7.19. The molecule has 0 bridgehead atoms. The van der Waals surface area contributed by atoms with Crippen LogP contribution in [0.5, 0.6) is 5.75 Å². The van der Waals surface area contributed by atoms with E-state index in [9.17, 15) is 9.18 Å². The first kappa shape index (κ1) is 14.8. The normalized spacial score (nSPS) is 10.3. The topological polar surface area (TPSA) is 38.3 Å². The number of carbonyl (C=O) groups excluding carboxylic acids is 1. The molecule has 6 heteroatoms. The smallest absolute Gasteiger partial charge is 0.258 e. The number of ether oxygens (including phenoxy) is 1. The Bertz CT molecular complexity index is 615. The summed E-state index contributed by atoms with van der Waals surface area (Å²) in [6, 6.07) is 5.97. The van der Waals surface area contributed by atoms with Gasteiger partial charge in [-0.05, 0) is 36.1 Å². The minimum atomic E-state index is -0.517. The quantitative estimate of drug-likeness (QED) is 0.917. The molecule has 20 heavy (non-hydrogen) atoms. The number of hydrogen-bond acceptors (Lipinski definition) is 3. The van der Waals surface area contributed by atoms with Crippen LogP contribution in [0.2, 0.25) is 5.02 Å². The summed E-state index contributed by atoms with van der Waals surface area (Å²) in [5.74, 6) is -0.395. The fourth-order valence-corrected chi connectivity index (χ4v) is 2.55. The third-order valence-electron chi connectivity index (χ3n) is 2.68. The zero-order valence-electron chi connectivity index (χ0n) is 10.8. The van der Waals surface area contributed by atoms with E-state index >= 15 is 0 Å². The van der Waals surface area contributed by atoms with Crippen molar-refractivity contribution >= 4 is 28.8 Å². The summed E-state index contributed by atoms with van der Waals surface area (Å²) in [5.41, 5.74) is 1.15. The van der Waals surface area contributed by atoms with Gasteiger partial charge in [0.05, 0.1) is 11.6 Å². The zero-order chi connectivity index (χ0) is 14.5. The molecule has 0 atom stereocenters. The van der Waals surface area contributed by atoms with Crippen molar-refractivity contribution in [3.8, 4) is 5.75 Å². The highest BCUT2D eigenvalue weighted by Crippen LogP contribution is 2.21. The molecule has 1 heterocycles. The fraction of sp³-hybridized carbons (Fsp3) is 0.214. The summed E-state index contributed by atoms with van der Waals surface area (Å²) >= 11 is 7.22. The van der Waals surface area contributed by atoms with Crippen molar-refractivity contribution in [2.75, 3.05) is 6.61 Å². The number of hydrogen-bond donors (Lipinski definition) is 1. The van der Waals surface area contributed by atoms with E-state index in [2.05, 4.69) is 5.32 Å². The maximum absolute atomic E-state index is 12.9. The molecule has 0 fully saturated rings. The number of aryl methyl sites for hydroxylation is 1. The van der Waals surface area contributed by atoms with E-state index in [-0.39, 0.29) is 17.5 Å². The van der Waals surface area contributed by atoms with E-state index in [0.717, 1.165) is 10.4 Å². The summed E-state index contributed by atoms with van der Waals surface area (Å²) in [5, 5.41) is 4.71. The monoisotopic (exact) mass is 313 g/mol. The second-order valence-corrected chi connectivity index (χ2v) is 5.58. The third kappa shape index (κ3) is 3.95. The number of benzene rings is 1. The van der Waals surface area contributed by atoms with Gasteiger partial charge in [-0.1, -0.05) is 11.6 Å². The molecule has 1 amide bonds. The zero-order valence-corrected chi connectivity index (χ0v) is 12.4. The Morgan fingerprint density at radius 3 is 2.90 bits per heavy atom. The molecule has 0 aliphatic rings. The third-order valence-corrected chi connectivity index (χ3v) is 3.99. The lowest BCUT2D eigenvalue weighted by atomic mass is 10.3. The van der Waals surface area contributed by atoms with Crippen LogP contribution < -0.4 is 10.1 Å². The van der Waals surface area contributed by atoms with Gasteiger partial charge in [0.1, 0.15) is 11.6 Å². The maximum Gasteiger partial charge on any atom is 0.258 e. The standard InChI is InChI=1S/C14H13ClFNO2S/c1-9-4-5-20-13(9)7-17-14(18)8-19-10-2-3-12(16)11(15)6-10/h2-6H,7-8H2,1H3,(H,17,18). The number of carbonyl (C=O) groups is 1. The Labute approximate surface area is 125 Å². The van der Waals surface area contributed by atoms with Crippen molar-refractivity contribution in [2.24, 2.45) is 0 Å². The molecule has 1 N–H and O–H groups in total. The van der Waals surface area contributed by atoms with Crippen LogP contribution in [0, 0.1) is 12.7 Å². The van der Waals surface area contributed by atoms with Crippen LogP contribution in [-0.4, -0.2) is 12.5 Å². The second-order valence-electron chi connectivity index (χ2n) is 4.17. The van der Waals surface area contributed by atoms with Gasteiger partial charge in [-0.3, -0.25) is 4.79 Å². The predicted molar refractivity (Wildman–Crippen MR) is 77.8 cm³/mol. The molecule has 1 aromatic heterocycles. The molecule has 2 rings (SSSR count). The Hall–Kier alpha value is -1.59. The SMILES string of the molecule is Cc1ccsc1CNC(=O)COc1ccc(F)c(Cl)c1. The van der Waals surface area contributed by atoms with E-state index in [1.807, 2.05) is 18.4 Å². The van der Waals surface area contributed by atoms with Crippen LogP contribution in [0.4, 0.5) is 4.39 Å². The Morgan fingerprint density at radius 1 is 1.45 bits per heavy atom. The lowest BCUT2D eigenvalue weighted by molar-refractivity contribution is -0.123. The molecule has 0 spiro atoms. The summed E-state index contributed by atoms with van der Waals surface area (Å²) in [4.78, 5) is 12.8. The van der Waals surface area contributed by atoms with Gasteiger partial charge in [0.2, 0.25) is 0 Å². The van der Waals surface area contributed by atoms with E-state index in [0.29, 0.717) is 12.3 Å². The van der Waals surface area contributed by atoms with Crippen LogP contribution in [0.1, 0.15) is 10.4 Å². The molecule has 0 saturated heterocycles. The number of halogens is 2. The Morgan fingerprint density at radius 2 is 2.25 bits per heavy atom. The van der Waals surface area contributed by atoms with Gasteiger partial charge in [-0.25, -0.2) is 4.39 Å². The number of thiophene rings is 1. The Balaban J connectivity index is 1.80. The van der Waals surface area contributed by atoms with Crippen molar-refractivity contribution in [3.63, 3.8) is 0 Å². The van der Waals surface area contributed by atoms with Crippen molar-refractivity contribution in [1.29, 1.82) is 0 Å². The molecular formula is C14H13ClFNO2S. The van der Waals surface area contributed by atoms with Crippen LogP contribution in [0.3, 0.4) is 0 Å². The van der Waals surface area contributed by atoms with Crippen LogP contribution in [-0.2, 0) is 11.3 Å². The molecule has 3 nitrogen and oxygen atoms in total. The molecule has 0 unspecified atom stereocenters. The van der Waals surface area contributed by atoms with Gasteiger partial charge in [-0.15, -0.1) is 11.3 Å². The predicted octanol–water partition coefficient (Wildman–Crippen LogP) is 3.54. The summed E-state index contributed by atoms with van der Waals surface area (Å²) in [7, 11) is 0. The molecule has 0 aliphatic heterocycles. The molecule has 0 aliphatic carbocycles. The van der Waals surface area contributed by atoms with Crippen LogP contribution in [0.15, 0.2) is 29.6 Å². The summed E-state index contributed by atoms with van der Waals surface area (Å²) in [6.45, 7) is 2.34. The van der Waals surface area contributed by atoms with Gasteiger partial charge in [0.25, 0.3) is 5.91 Å². The average molecular weight is 314 g/mol. The van der Waals surface area contributed by atoms with Gasteiger partial charge >= 0.3 is 0 Å². The number of amides is 1. The number of rotatable bonds is 5. The first-order chi connectivity index (χ1) is 9.56. The molecule has 2 aromatic rings. The van der Waals surface area contributed by atoms with Crippen molar-refractivity contribution in [1.82, 2.24) is 5.32 Å². The Kier molecular flexibility index (Phi) is 4.98. The lowest BCUT2D eigenvalue weighted by Crippen LogP contribution is -2.28. The molecule has 0 saturated carbocycles. The van der Waals surface area contributed by atoms with Gasteiger partial charge < -0.3 is 10.1 Å². The summed E-state index contributed by atoms with van der Waals surface area (Å²) < 4.78 is 18.2. The van der Waals surface area contributed by atoms with Gasteiger partial charge in [0.15, 0.2) is 6.61 Å². The minimum Gasteiger partial charge on any atom is -0.484 e. The fourth-order valence-electron chi connectivity index (χ4n) is 1.53. The highest BCUT2D eigenvalue weighted by atomic mass is 35.5. The molecule has 106 valence electrons. The van der Waals surface area contributed by atoms with Crippen molar-refractivity contribution in [3.05, 3.63) is 50.9 Å². The summed E-state index contributed by atoms with van der Waals surface area (Å²) in [6.07, 6.45) is 0. The maximum atomic E-state index is 12.9. The lowest BCUT2D eigenvalue weighted by Gasteiger charge is -2.07.